The summed E-state index contributed by atoms with van der Waals surface area (Å²) in [5.41, 5.74) is -0.248. The summed E-state index contributed by atoms with van der Waals surface area (Å²) < 4.78 is 0. The molecule has 6 nitrogen and oxygen atoms in total. The van der Waals surface area contributed by atoms with E-state index in [1.54, 1.807) is 18.7 Å². The summed E-state index contributed by atoms with van der Waals surface area (Å²) in [4.78, 5) is 37.7. The first-order chi connectivity index (χ1) is 12.3. The van der Waals surface area contributed by atoms with Gasteiger partial charge in [0.1, 0.15) is 0 Å². The van der Waals surface area contributed by atoms with Crippen LogP contribution in [-0.2, 0) is 14.4 Å². The molecule has 136 valence electrons. The van der Waals surface area contributed by atoms with E-state index in [1.165, 1.54) is 0 Å². The van der Waals surface area contributed by atoms with Crippen molar-refractivity contribution in [2.75, 3.05) is 18.0 Å². The van der Waals surface area contributed by atoms with Gasteiger partial charge in [0.15, 0.2) is 0 Å². The fourth-order valence-corrected chi connectivity index (χ4v) is 3.09. The molecule has 6 heteroatoms. The van der Waals surface area contributed by atoms with Gasteiger partial charge in [-0.3, -0.25) is 14.4 Å². The van der Waals surface area contributed by atoms with Crippen LogP contribution in [-0.4, -0.2) is 36.0 Å². The second-order valence-electron chi connectivity index (χ2n) is 7.31. The number of nitrogens with zero attached hydrogens (tertiary/aromatic N) is 1. The first kappa shape index (κ1) is 17.9. The Kier molecular flexibility index (Phi) is 4.68. The van der Waals surface area contributed by atoms with Gasteiger partial charge in [-0.05, 0) is 25.3 Å². The number of hydrogen-bond acceptors (Lipinski definition) is 3. The highest BCUT2D eigenvalue weighted by molar-refractivity contribution is 6.07. The van der Waals surface area contributed by atoms with Gasteiger partial charge in [-0.15, -0.1) is 0 Å². The van der Waals surface area contributed by atoms with E-state index in [0.717, 1.165) is 16.5 Å². The average Bonchev–Trinajstić information content (AvgIpc) is 3.00. The van der Waals surface area contributed by atoms with Gasteiger partial charge in [-0.1, -0.05) is 36.4 Å². The summed E-state index contributed by atoms with van der Waals surface area (Å²) in [5, 5.41) is 13.8. The molecule has 0 aliphatic carbocycles. The third-order valence-corrected chi connectivity index (χ3v) is 4.84. The largest absolute Gasteiger partial charge is 0.481 e. The lowest BCUT2D eigenvalue weighted by Crippen LogP contribution is -2.41. The molecular weight excluding hydrogens is 332 g/mol. The van der Waals surface area contributed by atoms with Gasteiger partial charge in [0.2, 0.25) is 11.8 Å². The number of aliphatic carboxylic acids is 1. The second-order valence-corrected chi connectivity index (χ2v) is 7.31. The normalized spacial score (nSPS) is 17.5. The summed E-state index contributed by atoms with van der Waals surface area (Å²) in [6, 6.07) is 13.6. The molecule has 0 bridgehead atoms. The third-order valence-electron chi connectivity index (χ3n) is 4.84. The van der Waals surface area contributed by atoms with Crippen molar-refractivity contribution in [3.8, 4) is 0 Å². The molecule has 1 aliphatic heterocycles. The second kappa shape index (κ2) is 6.78. The van der Waals surface area contributed by atoms with Crippen LogP contribution in [0.5, 0.6) is 0 Å². The smallest absolute Gasteiger partial charge is 0.310 e. The first-order valence-electron chi connectivity index (χ1n) is 8.59. The summed E-state index contributed by atoms with van der Waals surface area (Å²) in [7, 11) is 0. The highest BCUT2D eigenvalue weighted by Gasteiger charge is 2.37. The lowest BCUT2D eigenvalue weighted by molar-refractivity contribution is -0.147. The number of fused-ring (bicyclic) bond motifs is 1. The fourth-order valence-electron chi connectivity index (χ4n) is 3.09. The molecule has 1 unspecified atom stereocenters. The predicted octanol–water partition coefficient (Wildman–Crippen LogP) is 2.42. The molecule has 1 saturated heterocycles. The average molecular weight is 354 g/mol. The molecule has 3 rings (SSSR count). The summed E-state index contributed by atoms with van der Waals surface area (Å²) in [5.74, 6) is -1.84. The Hall–Kier alpha value is -2.89. The molecule has 2 aromatic rings. The first-order valence-corrected chi connectivity index (χ1v) is 8.59. The van der Waals surface area contributed by atoms with Crippen molar-refractivity contribution in [3.63, 3.8) is 0 Å². The standard InChI is InChI=1S/C20H22N2O4/c1-20(2,19(25)26)12-21-18(24)14-10-17(23)22(11-14)16-9-5-7-13-6-3-4-8-15(13)16/h3-9,14H,10-12H2,1-2H3,(H,21,24)(H,25,26). The minimum Gasteiger partial charge on any atom is -0.481 e. The highest BCUT2D eigenvalue weighted by Crippen LogP contribution is 2.31. The van der Waals surface area contributed by atoms with Crippen molar-refractivity contribution in [3.05, 3.63) is 42.5 Å². The number of anilines is 1. The maximum Gasteiger partial charge on any atom is 0.310 e. The minimum absolute atomic E-state index is 0.0279. The fraction of sp³-hybridized carbons (Fsp3) is 0.350. The molecule has 1 fully saturated rings. The van der Waals surface area contributed by atoms with E-state index in [2.05, 4.69) is 5.32 Å². The van der Waals surface area contributed by atoms with E-state index < -0.39 is 17.3 Å². The Bertz CT molecular complexity index is 870. The van der Waals surface area contributed by atoms with E-state index in [0.29, 0.717) is 6.54 Å². The minimum atomic E-state index is -1.05. The molecule has 1 atom stereocenters. The molecule has 1 heterocycles. The van der Waals surface area contributed by atoms with Crippen LogP contribution in [0.3, 0.4) is 0 Å². The topological polar surface area (TPSA) is 86.7 Å². The maximum atomic E-state index is 12.5. The van der Waals surface area contributed by atoms with Crippen molar-refractivity contribution in [1.29, 1.82) is 0 Å². The Morgan fingerprint density at radius 1 is 1.19 bits per heavy atom. The molecule has 0 spiro atoms. The number of carboxylic acid groups (broad SMARTS) is 1. The van der Waals surface area contributed by atoms with E-state index in [1.807, 2.05) is 42.5 Å². The van der Waals surface area contributed by atoms with Crippen LogP contribution < -0.4 is 10.2 Å². The molecule has 0 radical (unpaired) electrons. The number of rotatable bonds is 5. The van der Waals surface area contributed by atoms with E-state index >= 15 is 0 Å². The lowest BCUT2D eigenvalue weighted by atomic mass is 9.93. The third kappa shape index (κ3) is 3.40. The SMILES string of the molecule is CC(C)(CNC(=O)C1CC(=O)N(c2cccc3ccccc23)C1)C(=O)O. The number of benzene rings is 2. The van der Waals surface area contributed by atoms with Crippen LogP contribution in [0.4, 0.5) is 5.69 Å². The zero-order chi connectivity index (χ0) is 18.9. The molecular formula is C20H22N2O4. The molecule has 2 amide bonds. The van der Waals surface area contributed by atoms with Crippen molar-refractivity contribution in [2.45, 2.75) is 20.3 Å². The molecule has 1 aliphatic rings. The molecule has 26 heavy (non-hydrogen) atoms. The van der Waals surface area contributed by atoms with Gasteiger partial charge in [-0.25, -0.2) is 0 Å². The highest BCUT2D eigenvalue weighted by atomic mass is 16.4. The Labute approximate surface area is 151 Å². The van der Waals surface area contributed by atoms with Crippen LogP contribution in [0.15, 0.2) is 42.5 Å². The van der Waals surface area contributed by atoms with Crippen molar-refractivity contribution < 1.29 is 19.5 Å². The van der Waals surface area contributed by atoms with Gasteiger partial charge in [0.25, 0.3) is 0 Å². The number of nitrogens with one attached hydrogen (secondary N) is 1. The molecule has 2 aromatic carbocycles. The van der Waals surface area contributed by atoms with Crippen LogP contribution in [0.25, 0.3) is 10.8 Å². The molecule has 0 saturated carbocycles. The number of carboxylic acids is 1. The van der Waals surface area contributed by atoms with Gasteiger partial charge in [-0.2, -0.15) is 0 Å². The van der Waals surface area contributed by atoms with Gasteiger partial charge >= 0.3 is 5.97 Å². The Morgan fingerprint density at radius 2 is 1.88 bits per heavy atom. The molecule has 0 aromatic heterocycles. The Balaban J connectivity index is 1.74. The van der Waals surface area contributed by atoms with Crippen LogP contribution >= 0.6 is 0 Å². The Morgan fingerprint density at radius 3 is 2.62 bits per heavy atom. The quantitative estimate of drug-likeness (QED) is 0.863. The van der Waals surface area contributed by atoms with Crippen molar-refractivity contribution in [2.24, 2.45) is 11.3 Å². The number of amides is 2. The van der Waals surface area contributed by atoms with Gasteiger partial charge < -0.3 is 15.3 Å². The number of carbonyl (C=O) groups excluding carboxylic acids is 2. The van der Waals surface area contributed by atoms with Crippen LogP contribution in [0.2, 0.25) is 0 Å². The summed E-state index contributed by atoms with van der Waals surface area (Å²) in [6.07, 6.45) is 0.128. The molecule has 2 N–H and O–H groups in total. The maximum absolute atomic E-state index is 12.5. The van der Waals surface area contributed by atoms with E-state index in [-0.39, 0.29) is 24.8 Å². The zero-order valence-corrected chi connectivity index (χ0v) is 14.9. The van der Waals surface area contributed by atoms with Crippen molar-refractivity contribution in [1.82, 2.24) is 5.32 Å². The van der Waals surface area contributed by atoms with E-state index in [9.17, 15) is 14.4 Å². The summed E-state index contributed by atoms with van der Waals surface area (Å²) >= 11 is 0. The lowest BCUT2D eigenvalue weighted by Gasteiger charge is -2.21. The monoisotopic (exact) mass is 354 g/mol. The van der Waals surface area contributed by atoms with Crippen LogP contribution in [0, 0.1) is 11.3 Å². The van der Waals surface area contributed by atoms with E-state index in [4.69, 9.17) is 5.11 Å². The van der Waals surface area contributed by atoms with Gasteiger partial charge in [0.05, 0.1) is 17.0 Å². The zero-order valence-electron chi connectivity index (χ0n) is 14.9. The number of hydrogen-bond donors (Lipinski definition) is 2. The summed E-state index contributed by atoms with van der Waals surface area (Å²) in [6.45, 7) is 3.43. The predicted molar refractivity (Wildman–Crippen MR) is 98.8 cm³/mol. The van der Waals surface area contributed by atoms with Gasteiger partial charge in [0, 0.05) is 24.9 Å². The van der Waals surface area contributed by atoms with Crippen LogP contribution in [0.1, 0.15) is 20.3 Å². The number of carbonyl (C=O) groups is 3. The van der Waals surface area contributed by atoms with Crippen molar-refractivity contribution >= 4 is 34.2 Å².